The summed E-state index contributed by atoms with van der Waals surface area (Å²) in [7, 11) is -3.62. The third-order valence-corrected chi connectivity index (χ3v) is 7.45. The average molecular weight is 465 g/mol. The summed E-state index contributed by atoms with van der Waals surface area (Å²) < 4.78 is 32.9. The highest BCUT2D eigenvalue weighted by molar-refractivity contribution is 7.89. The number of carbonyl (C=O) groups is 1. The second kappa shape index (κ2) is 9.59. The van der Waals surface area contributed by atoms with E-state index in [9.17, 15) is 13.2 Å². The average Bonchev–Trinajstić information content (AvgIpc) is 3.26. The van der Waals surface area contributed by atoms with Gasteiger partial charge in [0.05, 0.1) is 22.0 Å². The van der Waals surface area contributed by atoms with Gasteiger partial charge in [-0.1, -0.05) is 50.6 Å². The van der Waals surface area contributed by atoms with Gasteiger partial charge in [0.25, 0.3) is 5.91 Å². The third-order valence-electron chi connectivity index (χ3n) is 5.23. The maximum Gasteiger partial charge on any atom is 0.252 e. The molecule has 2 aromatic carbocycles. The van der Waals surface area contributed by atoms with Crippen LogP contribution in [0.25, 0.3) is 0 Å². The fraction of sp³-hybridized carbons (Fsp3) is 0.435. The van der Waals surface area contributed by atoms with Crippen LogP contribution >= 0.6 is 11.6 Å². The molecule has 6 nitrogen and oxygen atoms in total. The Kier molecular flexibility index (Phi) is 7.29. The summed E-state index contributed by atoms with van der Waals surface area (Å²) in [5.74, 6) is 0.345. The second-order valence-electron chi connectivity index (χ2n) is 8.60. The van der Waals surface area contributed by atoms with Crippen molar-refractivity contribution in [1.82, 2.24) is 9.62 Å². The Labute approximate surface area is 189 Å². The number of halogens is 1. The number of nitrogens with one attached hydrogen (secondary N) is 1. The first kappa shape index (κ1) is 23.6. The van der Waals surface area contributed by atoms with Crippen molar-refractivity contribution >= 4 is 27.5 Å². The summed E-state index contributed by atoms with van der Waals surface area (Å²) in [6, 6.07) is 12.1. The minimum Gasteiger partial charge on any atom is -0.491 e. The number of sulfonamides is 1. The number of ether oxygens (including phenoxy) is 1. The molecular formula is C23H29ClN2O4S. The van der Waals surface area contributed by atoms with E-state index < -0.39 is 15.9 Å². The normalized spacial score (nSPS) is 15.1. The zero-order valence-electron chi connectivity index (χ0n) is 18.2. The summed E-state index contributed by atoms with van der Waals surface area (Å²) in [5, 5.41) is 2.97. The van der Waals surface area contributed by atoms with Crippen LogP contribution in [0.2, 0.25) is 5.02 Å². The van der Waals surface area contributed by atoms with Gasteiger partial charge in [-0.05, 0) is 48.1 Å². The molecule has 1 aliphatic rings. The van der Waals surface area contributed by atoms with E-state index in [-0.39, 0.29) is 34.0 Å². The molecule has 0 bridgehead atoms. The van der Waals surface area contributed by atoms with Gasteiger partial charge in [0.15, 0.2) is 0 Å². The van der Waals surface area contributed by atoms with E-state index in [0.29, 0.717) is 13.1 Å². The number of amides is 1. The first-order valence-corrected chi connectivity index (χ1v) is 12.2. The van der Waals surface area contributed by atoms with Crippen LogP contribution in [0.4, 0.5) is 0 Å². The van der Waals surface area contributed by atoms with Crippen LogP contribution in [0.15, 0.2) is 47.4 Å². The highest BCUT2D eigenvalue weighted by Crippen LogP contribution is 2.31. The van der Waals surface area contributed by atoms with Crippen molar-refractivity contribution in [3.63, 3.8) is 0 Å². The molecule has 1 aliphatic heterocycles. The zero-order chi connectivity index (χ0) is 22.6. The largest absolute Gasteiger partial charge is 0.491 e. The fourth-order valence-corrected chi connectivity index (χ4v) is 5.30. The number of carbonyl (C=O) groups excluding carboxylic acids is 1. The number of rotatable bonds is 7. The van der Waals surface area contributed by atoms with Crippen LogP contribution in [-0.2, 0) is 15.4 Å². The summed E-state index contributed by atoms with van der Waals surface area (Å²) >= 11 is 6.18. The predicted molar refractivity (Wildman–Crippen MR) is 122 cm³/mol. The Balaban J connectivity index is 1.64. The molecule has 1 saturated heterocycles. The lowest BCUT2D eigenvalue weighted by atomic mass is 9.86. The van der Waals surface area contributed by atoms with Gasteiger partial charge >= 0.3 is 0 Å². The second-order valence-corrected chi connectivity index (χ2v) is 10.9. The predicted octanol–water partition coefficient (Wildman–Crippen LogP) is 4.23. The Hall–Kier alpha value is -2.09. The summed E-state index contributed by atoms with van der Waals surface area (Å²) in [4.78, 5) is 12.7. The first-order chi connectivity index (χ1) is 14.6. The Morgan fingerprint density at radius 2 is 1.81 bits per heavy atom. The quantitative estimate of drug-likeness (QED) is 0.622. The van der Waals surface area contributed by atoms with Crippen molar-refractivity contribution in [3.8, 4) is 5.75 Å². The van der Waals surface area contributed by atoms with Crippen molar-refractivity contribution in [3.05, 3.63) is 58.6 Å². The third kappa shape index (κ3) is 5.59. The minimum atomic E-state index is -3.62. The van der Waals surface area contributed by atoms with E-state index in [2.05, 4.69) is 26.1 Å². The SMILES string of the molecule is CC(C)(C)c1ccccc1OCCNC(=O)c1cc(S(=O)(=O)N2CCCC2)ccc1Cl. The molecule has 8 heteroatoms. The molecule has 31 heavy (non-hydrogen) atoms. The van der Waals surface area contributed by atoms with E-state index in [0.717, 1.165) is 24.2 Å². The topological polar surface area (TPSA) is 75.7 Å². The van der Waals surface area contributed by atoms with Crippen LogP contribution < -0.4 is 10.1 Å². The van der Waals surface area contributed by atoms with Crippen LogP contribution in [0.5, 0.6) is 5.75 Å². The molecule has 0 unspecified atom stereocenters. The van der Waals surface area contributed by atoms with Crippen molar-refractivity contribution < 1.29 is 17.9 Å². The van der Waals surface area contributed by atoms with Gasteiger partial charge < -0.3 is 10.1 Å². The van der Waals surface area contributed by atoms with Crippen LogP contribution in [0.3, 0.4) is 0 Å². The molecule has 168 valence electrons. The van der Waals surface area contributed by atoms with Crippen molar-refractivity contribution in [2.45, 2.75) is 43.9 Å². The molecule has 1 amide bonds. The van der Waals surface area contributed by atoms with Gasteiger partial charge in [-0.15, -0.1) is 0 Å². The van der Waals surface area contributed by atoms with Gasteiger partial charge in [-0.25, -0.2) is 8.42 Å². The van der Waals surface area contributed by atoms with Gasteiger partial charge in [0.2, 0.25) is 10.0 Å². The summed E-state index contributed by atoms with van der Waals surface area (Å²) in [6.45, 7) is 7.88. The molecule has 1 N–H and O–H groups in total. The Morgan fingerprint density at radius 1 is 1.13 bits per heavy atom. The van der Waals surface area contributed by atoms with Crippen molar-refractivity contribution in [2.75, 3.05) is 26.2 Å². The summed E-state index contributed by atoms with van der Waals surface area (Å²) in [6.07, 6.45) is 1.69. The summed E-state index contributed by atoms with van der Waals surface area (Å²) in [5.41, 5.74) is 1.16. The highest BCUT2D eigenvalue weighted by atomic mass is 35.5. The van der Waals surface area contributed by atoms with Gasteiger partial charge in [0, 0.05) is 13.1 Å². The monoisotopic (exact) mass is 464 g/mol. The number of benzene rings is 2. The smallest absolute Gasteiger partial charge is 0.252 e. The Morgan fingerprint density at radius 3 is 2.48 bits per heavy atom. The number of nitrogens with zero attached hydrogens (tertiary/aromatic N) is 1. The molecule has 3 rings (SSSR count). The van der Waals surface area contributed by atoms with Gasteiger partial charge in [0.1, 0.15) is 12.4 Å². The fourth-order valence-electron chi connectivity index (χ4n) is 3.55. The zero-order valence-corrected chi connectivity index (χ0v) is 19.7. The molecule has 0 aromatic heterocycles. The number of hydrogen-bond acceptors (Lipinski definition) is 4. The van der Waals surface area contributed by atoms with Crippen molar-refractivity contribution in [2.24, 2.45) is 0 Å². The molecule has 0 radical (unpaired) electrons. The molecule has 1 heterocycles. The van der Waals surface area contributed by atoms with E-state index in [4.69, 9.17) is 16.3 Å². The van der Waals surface area contributed by atoms with E-state index in [1.165, 1.54) is 22.5 Å². The number of para-hydroxylation sites is 1. The van der Waals surface area contributed by atoms with Crippen LogP contribution in [0.1, 0.15) is 49.5 Å². The van der Waals surface area contributed by atoms with Crippen molar-refractivity contribution in [1.29, 1.82) is 0 Å². The molecule has 0 saturated carbocycles. The molecular weight excluding hydrogens is 436 g/mol. The minimum absolute atomic E-state index is 0.0609. The van der Waals surface area contributed by atoms with Gasteiger partial charge in [-0.3, -0.25) is 4.79 Å². The molecule has 0 aliphatic carbocycles. The highest BCUT2D eigenvalue weighted by Gasteiger charge is 2.28. The number of hydrogen-bond donors (Lipinski definition) is 1. The maximum absolute atomic E-state index is 12.8. The molecule has 2 aromatic rings. The molecule has 0 spiro atoms. The first-order valence-electron chi connectivity index (χ1n) is 10.4. The lowest BCUT2D eigenvalue weighted by Gasteiger charge is -2.22. The molecule has 1 fully saturated rings. The maximum atomic E-state index is 12.8. The van der Waals surface area contributed by atoms with E-state index >= 15 is 0 Å². The van der Waals surface area contributed by atoms with E-state index in [1.54, 1.807) is 0 Å². The lowest BCUT2D eigenvalue weighted by Crippen LogP contribution is -2.30. The van der Waals surface area contributed by atoms with E-state index in [1.807, 2.05) is 24.3 Å². The standard InChI is InChI=1S/C23H29ClN2O4S/c1-23(2,3)19-8-4-5-9-21(19)30-15-12-25-22(27)18-16-17(10-11-20(18)24)31(28,29)26-13-6-7-14-26/h4-5,8-11,16H,6-7,12-15H2,1-3H3,(H,25,27). The molecule has 0 atom stereocenters. The Bertz CT molecular complexity index is 1040. The van der Waals surface area contributed by atoms with Crippen LogP contribution in [0, 0.1) is 0 Å². The van der Waals surface area contributed by atoms with Crippen LogP contribution in [-0.4, -0.2) is 44.9 Å². The lowest BCUT2D eigenvalue weighted by molar-refractivity contribution is 0.0946. The van der Waals surface area contributed by atoms with Gasteiger partial charge in [-0.2, -0.15) is 4.31 Å².